The van der Waals surface area contributed by atoms with Crippen LogP contribution in [0.25, 0.3) is 0 Å². The van der Waals surface area contributed by atoms with Crippen molar-refractivity contribution in [3.05, 3.63) is 0 Å². The van der Waals surface area contributed by atoms with Crippen LogP contribution < -0.4 is 11.1 Å². The Morgan fingerprint density at radius 2 is 2.21 bits per heavy atom. The third-order valence-electron chi connectivity index (χ3n) is 4.29. The lowest BCUT2D eigenvalue weighted by Crippen LogP contribution is -2.53. The first-order chi connectivity index (χ1) is 9.08. The van der Waals surface area contributed by atoms with Crippen LogP contribution in [0.3, 0.4) is 0 Å². The maximum Gasteiger partial charge on any atom is 0.231 e. The summed E-state index contributed by atoms with van der Waals surface area (Å²) in [6.45, 7) is 5.02. The normalized spacial score (nSPS) is 30.2. The van der Waals surface area contributed by atoms with Crippen LogP contribution in [0, 0.1) is 11.8 Å². The molecule has 1 aliphatic heterocycles. The molecule has 0 bridgehead atoms. The number of hydrogen-bond donors (Lipinski definition) is 3. The van der Waals surface area contributed by atoms with Gasteiger partial charge in [-0.15, -0.1) is 0 Å². The number of carbonyl (C=O) groups excluding carboxylic acids is 1. The quantitative estimate of drug-likeness (QED) is 0.605. The molecule has 0 aromatic rings. The second-order valence-corrected chi connectivity index (χ2v) is 6.18. The minimum absolute atomic E-state index is 0.245. The van der Waals surface area contributed by atoms with E-state index >= 15 is 0 Å². The maximum absolute atomic E-state index is 11.1. The molecule has 5 nitrogen and oxygen atoms in total. The molecule has 1 saturated heterocycles. The highest BCUT2D eigenvalue weighted by atomic mass is 16.3. The number of hydrogen-bond acceptors (Lipinski definition) is 4. The van der Waals surface area contributed by atoms with E-state index in [2.05, 4.69) is 10.2 Å². The number of aliphatic hydroxyl groups is 1. The average molecular weight is 269 g/mol. The van der Waals surface area contributed by atoms with Crippen LogP contribution in [0.15, 0.2) is 0 Å². The number of nitrogens with two attached hydrogens (primary N) is 1. The highest BCUT2D eigenvalue weighted by Gasteiger charge is 2.32. The molecule has 1 saturated carbocycles. The summed E-state index contributed by atoms with van der Waals surface area (Å²) in [4.78, 5) is 13.2. The Hall–Kier alpha value is -0.650. The predicted molar refractivity (Wildman–Crippen MR) is 74.6 cm³/mol. The van der Waals surface area contributed by atoms with Gasteiger partial charge in [-0.05, 0) is 44.1 Å². The topological polar surface area (TPSA) is 78.6 Å². The van der Waals surface area contributed by atoms with Gasteiger partial charge < -0.3 is 16.2 Å². The average Bonchev–Trinajstić information content (AvgIpc) is 3.18. The Labute approximate surface area is 115 Å². The van der Waals surface area contributed by atoms with Crippen LogP contribution in [-0.4, -0.2) is 54.2 Å². The van der Waals surface area contributed by atoms with Gasteiger partial charge in [0.15, 0.2) is 0 Å². The number of nitrogens with one attached hydrogen (secondary N) is 1. The third-order valence-corrected chi connectivity index (χ3v) is 4.29. The maximum atomic E-state index is 11.1. The Kier molecular flexibility index (Phi) is 5.19. The summed E-state index contributed by atoms with van der Waals surface area (Å²) in [5, 5.41) is 13.7. The molecule has 0 radical (unpaired) electrons. The van der Waals surface area contributed by atoms with Crippen molar-refractivity contribution in [2.24, 2.45) is 17.6 Å². The van der Waals surface area contributed by atoms with Crippen LogP contribution in [-0.2, 0) is 4.79 Å². The summed E-state index contributed by atoms with van der Waals surface area (Å²) in [5.74, 6) is 0.809. The summed E-state index contributed by atoms with van der Waals surface area (Å²) in [7, 11) is 0. The van der Waals surface area contributed by atoms with Crippen molar-refractivity contribution in [1.82, 2.24) is 10.2 Å². The van der Waals surface area contributed by atoms with Crippen LogP contribution in [0.1, 0.15) is 32.6 Å². The minimum Gasteiger partial charge on any atom is -0.393 e. The number of carbonyl (C=O) groups is 1. The Morgan fingerprint density at radius 3 is 2.79 bits per heavy atom. The summed E-state index contributed by atoms with van der Waals surface area (Å²) in [5.41, 5.74) is 5.29. The number of piperidine rings is 1. The van der Waals surface area contributed by atoms with E-state index in [0.29, 0.717) is 12.6 Å². The van der Waals surface area contributed by atoms with Gasteiger partial charge in [0.1, 0.15) is 0 Å². The molecule has 1 aliphatic carbocycles. The number of aliphatic hydroxyl groups excluding tert-OH is 1. The van der Waals surface area contributed by atoms with Crippen molar-refractivity contribution in [1.29, 1.82) is 0 Å². The van der Waals surface area contributed by atoms with Crippen LogP contribution >= 0.6 is 0 Å². The van der Waals surface area contributed by atoms with Crippen LogP contribution in [0.2, 0.25) is 0 Å². The molecule has 3 atom stereocenters. The zero-order chi connectivity index (χ0) is 13.8. The van der Waals surface area contributed by atoms with E-state index in [4.69, 9.17) is 5.73 Å². The summed E-state index contributed by atoms with van der Waals surface area (Å²) >= 11 is 0. The van der Waals surface area contributed by atoms with Crippen molar-refractivity contribution >= 4 is 5.91 Å². The Balaban J connectivity index is 1.87. The summed E-state index contributed by atoms with van der Waals surface area (Å²) < 4.78 is 0. The number of amides is 1. The highest BCUT2D eigenvalue weighted by molar-refractivity contribution is 5.75. The molecule has 1 amide bonds. The van der Waals surface area contributed by atoms with E-state index in [-0.39, 0.29) is 17.9 Å². The number of rotatable bonds is 7. The van der Waals surface area contributed by atoms with Gasteiger partial charge in [-0.2, -0.15) is 0 Å². The molecule has 110 valence electrons. The van der Waals surface area contributed by atoms with Gasteiger partial charge >= 0.3 is 0 Å². The van der Waals surface area contributed by atoms with Gasteiger partial charge in [0, 0.05) is 19.1 Å². The second-order valence-electron chi connectivity index (χ2n) is 6.18. The second kappa shape index (κ2) is 6.68. The zero-order valence-electron chi connectivity index (χ0n) is 11.8. The smallest absolute Gasteiger partial charge is 0.231 e. The fourth-order valence-electron chi connectivity index (χ4n) is 3.00. The standard InChI is InChI=1S/C14H27N3O2/c1-2-13(18)11-5-12(16-6-10-3-4-10)8-17(7-11)9-14(15)19/h10-13,16,18H,2-9H2,1H3,(H2,15,19). The molecule has 4 N–H and O–H groups in total. The molecule has 0 aromatic carbocycles. The van der Waals surface area contributed by atoms with E-state index < -0.39 is 0 Å². The monoisotopic (exact) mass is 269 g/mol. The molecule has 2 fully saturated rings. The lowest BCUT2D eigenvalue weighted by molar-refractivity contribution is -0.120. The Bertz CT molecular complexity index is 307. The number of primary amides is 1. The Morgan fingerprint density at radius 1 is 1.47 bits per heavy atom. The van der Waals surface area contributed by atoms with Gasteiger partial charge in [0.2, 0.25) is 5.91 Å². The fourth-order valence-corrected chi connectivity index (χ4v) is 3.00. The van der Waals surface area contributed by atoms with Gasteiger partial charge in [0.05, 0.1) is 12.6 Å². The van der Waals surface area contributed by atoms with E-state index in [9.17, 15) is 9.90 Å². The van der Waals surface area contributed by atoms with Crippen LogP contribution in [0.5, 0.6) is 0 Å². The summed E-state index contributed by atoms with van der Waals surface area (Å²) in [6, 6.07) is 0.375. The molecule has 0 aromatic heterocycles. The number of nitrogens with zero attached hydrogens (tertiary/aromatic N) is 1. The van der Waals surface area contributed by atoms with Gasteiger partial charge in [-0.1, -0.05) is 6.92 Å². The van der Waals surface area contributed by atoms with Gasteiger partial charge in [0.25, 0.3) is 0 Å². The molecular formula is C14H27N3O2. The first-order valence-electron chi connectivity index (χ1n) is 7.50. The zero-order valence-corrected chi connectivity index (χ0v) is 11.8. The molecular weight excluding hydrogens is 242 g/mol. The molecule has 0 spiro atoms. The molecule has 1 heterocycles. The van der Waals surface area contributed by atoms with E-state index in [1.807, 2.05) is 6.92 Å². The highest BCUT2D eigenvalue weighted by Crippen LogP contribution is 2.28. The van der Waals surface area contributed by atoms with Crippen molar-refractivity contribution < 1.29 is 9.90 Å². The van der Waals surface area contributed by atoms with Gasteiger partial charge in [-0.3, -0.25) is 9.69 Å². The van der Waals surface area contributed by atoms with Crippen LogP contribution in [0.4, 0.5) is 0 Å². The molecule has 2 aliphatic rings. The van der Waals surface area contributed by atoms with Crippen molar-refractivity contribution in [3.63, 3.8) is 0 Å². The minimum atomic E-state index is -0.285. The van der Waals surface area contributed by atoms with E-state index in [1.165, 1.54) is 12.8 Å². The lowest BCUT2D eigenvalue weighted by Gasteiger charge is -2.39. The van der Waals surface area contributed by atoms with Crippen molar-refractivity contribution in [2.45, 2.75) is 44.8 Å². The SMILES string of the molecule is CCC(O)C1CC(NCC2CC2)CN(CC(N)=O)C1. The molecule has 5 heteroatoms. The van der Waals surface area contributed by atoms with Gasteiger partial charge in [-0.25, -0.2) is 0 Å². The first kappa shape index (κ1) is 14.8. The molecule has 3 unspecified atom stereocenters. The predicted octanol–water partition coefficient (Wildman–Crippen LogP) is -0.0673. The number of likely N-dealkylation sites (tertiary alicyclic amines) is 1. The lowest BCUT2D eigenvalue weighted by atomic mass is 9.88. The van der Waals surface area contributed by atoms with Crippen molar-refractivity contribution in [3.8, 4) is 0 Å². The largest absolute Gasteiger partial charge is 0.393 e. The fraction of sp³-hybridized carbons (Fsp3) is 0.929. The van der Waals surface area contributed by atoms with Crippen molar-refractivity contribution in [2.75, 3.05) is 26.2 Å². The first-order valence-corrected chi connectivity index (χ1v) is 7.50. The summed E-state index contributed by atoms with van der Waals surface area (Å²) in [6.07, 6.45) is 4.17. The van der Waals surface area contributed by atoms with E-state index in [0.717, 1.165) is 38.4 Å². The van der Waals surface area contributed by atoms with E-state index in [1.54, 1.807) is 0 Å². The third kappa shape index (κ3) is 4.75. The molecule has 2 rings (SSSR count). The molecule has 19 heavy (non-hydrogen) atoms.